The molecule has 1 fully saturated rings. The summed E-state index contributed by atoms with van der Waals surface area (Å²) in [6, 6.07) is 12.6. The van der Waals surface area contributed by atoms with Gasteiger partial charge in [-0.1, -0.05) is 29.5 Å². The second-order valence-corrected chi connectivity index (χ2v) is 8.01. The molecule has 0 unspecified atom stereocenters. The van der Waals surface area contributed by atoms with E-state index in [4.69, 9.17) is 9.47 Å². The van der Waals surface area contributed by atoms with Gasteiger partial charge in [0.25, 0.3) is 5.19 Å². The smallest absolute Gasteiger partial charge is 0.274 e. The molecule has 0 spiro atoms. The predicted octanol–water partition coefficient (Wildman–Crippen LogP) is 4.45. The van der Waals surface area contributed by atoms with Crippen molar-refractivity contribution in [2.45, 2.75) is 32.3 Å². The molecule has 4 rings (SSSR count). The zero-order valence-corrected chi connectivity index (χ0v) is 17.1. The van der Waals surface area contributed by atoms with Crippen molar-refractivity contribution in [2.75, 3.05) is 19.7 Å². The lowest BCUT2D eigenvalue weighted by atomic mass is 10.1. The van der Waals surface area contributed by atoms with Crippen molar-refractivity contribution in [2.24, 2.45) is 0 Å². The zero-order valence-electron chi connectivity index (χ0n) is 16.3. The molecule has 0 atom stereocenters. The molecule has 5 nitrogen and oxygen atoms in total. The van der Waals surface area contributed by atoms with Gasteiger partial charge in [-0.3, -0.25) is 4.79 Å². The molecule has 0 bridgehead atoms. The van der Waals surface area contributed by atoms with E-state index in [0.717, 1.165) is 28.9 Å². The van der Waals surface area contributed by atoms with Gasteiger partial charge < -0.3 is 14.4 Å². The van der Waals surface area contributed by atoms with Crippen molar-refractivity contribution in [3.05, 3.63) is 53.8 Å². The highest BCUT2D eigenvalue weighted by Gasteiger charge is 2.25. The Bertz CT molecular complexity index is 981. The minimum absolute atomic E-state index is 0.00634. The van der Waals surface area contributed by atoms with E-state index >= 15 is 0 Å². The summed E-state index contributed by atoms with van der Waals surface area (Å²) in [5.74, 6) is 0.606. The first kappa shape index (κ1) is 19.6. The fourth-order valence-electron chi connectivity index (χ4n) is 3.47. The monoisotopic (exact) mass is 414 g/mol. The quantitative estimate of drug-likeness (QED) is 0.598. The number of halogens is 1. The molecule has 2 heterocycles. The van der Waals surface area contributed by atoms with Crippen molar-refractivity contribution >= 4 is 27.5 Å². The number of hydrogen-bond donors (Lipinski definition) is 0. The van der Waals surface area contributed by atoms with Crippen LogP contribution in [0.25, 0.3) is 10.2 Å². The normalized spacial score (nSPS) is 14.9. The molecule has 3 aromatic rings. The largest absolute Gasteiger partial charge is 0.494 e. The van der Waals surface area contributed by atoms with E-state index in [9.17, 15) is 9.18 Å². The Kier molecular flexibility index (Phi) is 5.94. The van der Waals surface area contributed by atoms with Crippen molar-refractivity contribution in [3.63, 3.8) is 0 Å². The van der Waals surface area contributed by atoms with Crippen LogP contribution in [0.2, 0.25) is 0 Å². The molecule has 2 aromatic carbocycles. The first-order valence-corrected chi connectivity index (χ1v) is 10.6. The lowest BCUT2D eigenvalue weighted by Gasteiger charge is -2.31. The van der Waals surface area contributed by atoms with Gasteiger partial charge in [0.15, 0.2) is 0 Å². The van der Waals surface area contributed by atoms with Crippen LogP contribution in [0.4, 0.5) is 4.39 Å². The number of amides is 1. The average molecular weight is 415 g/mol. The molecule has 152 valence electrons. The summed E-state index contributed by atoms with van der Waals surface area (Å²) in [6.45, 7) is 3.88. The van der Waals surface area contributed by atoms with Crippen LogP contribution in [0.15, 0.2) is 42.5 Å². The molecule has 1 aliphatic rings. The van der Waals surface area contributed by atoms with Gasteiger partial charge in [0.1, 0.15) is 23.2 Å². The Hall–Kier alpha value is -2.67. The summed E-state index contributed by atoms with van der Waals surface area (Å²) >= 11 is 1.35. The molecular formula is C22H23FN2O3S. The van der Waals surface area contributed by atoms with Crippen molar-refractivity contribution in [1.82, 2.24) is 9.88 Å². The highest BCUT2D eigenvalue weighted by molar-refractivity contribution is 7.20. The van der Waals surface area contributed by atoms with Gasteiger partial charge in [-0.25, -0.2) is 4.39 Å². The highest BCUT2D eigenvalue weighted by atomic mass is 32.1. The van der Waals surface area contributed by atoms with Gasteiger partial charge in [-0.05, 0) is 36.8 Å². The number of ether oxygens (including phenoxy) is 2. The van der Waals surface area contributed by atoms with Crippen LogP contribution in [0.5, 0.6) is 10.9 Å². The Morgan fingerprint density at radius 1 is 1.21 bits per heavy atom. The Labute approximate surface area is 173 Å². The van der Waals surface area contributed by atoms with Gasteiger partial charge >= 0.3 is 0 Å². The number of nitrogens with zero attached hydrogens (tertiary/aromatic N) is 2. The van der Waals surface area contributed by atoms with Gasteiger partial charge in [0.05, 0.1) is 17.7 Å². The number of carbonyl (C=O) groups excluding carboxylic acids is 1. The summed E-state index contributed by atoms with van der Waals surface area (Å²) in [4.78, 5) is 18.8. The number of fused-ring (bicyclic) bond motifs is 1. The van der Waals surface area contributed by atoms with E-state index < -0.39 is 0 Å². The van der Waals surface area contributed by atoms with Gasteiger partial charge in [-0.15, -0.1) is 0 Å². The number of carbonyl (C=O) groups is 1. The second-order valence-electron chi connectivity index (χ2n) is 7.02. The molecule has 1 aromatic heterocycles. The summed E-state index contributed by atoms with van der Waals surface area (Å²) < 4.78 is 26.0. The van der Waals surface area contributed by atoms with Crippen molar-refractivity contribution in [3.8, 4) is 10.9 Å². The molecule has 0 radical (unpaired) electrons. The fourth-order valence-corrected chi connectivity index (χ4v) is 4.36. The van der Waals surface area contributed by atoms with Crippen LogP contribution in [-0.4, -0.2) is 41.6 Å². The van der Waals surface area contributed by atoms with E-state index in [1.54, 1.807) is 6.07 Å². The van der Waals surface area contributed by atoms with E-state index in [0.29, 0.717) is 36.8 Å². The number of likely N-dealkylation sites (tertiary alicyclic amines) is 1. The summed E-state index contributed by atoms with van der Waals surface area (Å²) in [5, 5.41) is 0.490. The van der Waals surface area contributed by atoms with E-state index in [1.165, 1.54) is 17.4 Å². The first-order valence-electron chi connectivity index (χ1n) is 9.83. The van der Waals surface area contributed by atoms with Crippen molar-refractivity contribution < 1.29 is 18.7 Å². The molecule has 29 heavy (non-hydrogen) atoms. The minimum atomic E-state index is -0.330. The zero-order chi connectivity index (χ0) is 20.2. The van der Waals surface area contributed by atoms with Crippen LogP contribution in [0.1, 0.15) is 25.3 Å². The van der Waals surface area contributed by atoms with Crippen LogP contribution in [-0.2, 0) is 11.2 Å². The van der Waals surface area contributed by atoms with Crippen LogP contribution in [0, 0.1) is 5.82 Å². The molecular weight excluding hydrogens is 391 g/mol. The third-order valence-corrected chi connectivity index (χ3v) is 5.91. The molecule has 1 saturated heterocycles. The first-order chi connectivity index (χ1) is 14.1. The topological polar surface area (TPSA) is 51.7 Å². The molecule has 0 aliphatic carbocycles. The summed E-state index contributed by atoms with van der Waals surface area (Å²) in [7, 11) is 0. The number of piperidine rings is 1. The number of para-hydroxylation sites is 1. The van der Waals surface area contributed by atoms with Gasteiger partial charge in [0, 0.05) is 25.9 Å². The highest BCUT2D eigenvalue weighted by Crippen LogP contribution is 2.31. The Morgan fingerprint density at radius 2 is 1.97 bits per heavy atom. The molecule has 1 amide bonds. The minimum Gasteiger partial charge on any atom is -0.494 e. The number of hydrogen-bond acceptors (Lipinski definition) is 5. The molecule has 0 saturated carbocycles. The molecule has 1 aliphatic heterocycles. The van der Waals surface area contributed by atoms with E-state index in [1.807, 2.05) is 42.2 Å². The SMILES string of the molecule is CCOc1ccc(CC(=O)N2CCC(Oc3nc4c(F)cccc4s3)CC2)cc1. The predicted molar refractivity (Wildman–Crippen MR) is 111 cm³/mol. The lowest BCUT2D eigenvalue weighted by molar-refractivity contribution is -0.132. The molecule has 7 heteroatoms. The van der Waals surface area contributed by atoms with Crippen LogP contribution >= 0.6 is 11.3 Å². The number of rotatable bonds is 6. The van der Waals surface area contributed by atoms with Gasteiger partial charge in [-0.2, -0.15) is 4.98 Å². The van der Waals surface area contributed by atoms with E-state index in [-0.39, 0.29) is 17.8 Å². The lowest BCUT2D eigenvalue weighted by Crippen LogP contribution is -2.42. The Morgan fingerprint density at radius 3 is 2.66 bits per heavy atom. The molecule has 0 N–H and O–H groups in total. The third kappa shape index (κ3) is 4.67. The summed E-state index contributed by atoms with van der Waals surface area (Å²) in [5.41, 5.74) is 1.34. The third-order valence-electron chi connectivity index (χ3n) is 5.00. The van der Waals surface area contributed by atoms with Gasteiger partial charge in [0.2, 0.25) is 5.91 Å². The number of thiazole rings is 1. The maximum Gasteiger partial charge on any atom is 0.274 e. The van der Waals surface area contributed by atoms with E-state index in [2.05, 4.69) is 4.98 Å². The maximum atomic E-state index is 13.8. The maximum absolute atomic E-state index is 13.8. The second kappa shape index (κ2) is 8.78. The number of aromatic nitrogens is 1. The number of benzene rings is 2. The fraction of sp³-hybridized carbons (Fsp3) is 0.364. The van der Waals surface area contributed by atoms with Crippen LogP contribution in [0.3, 0.4) is 0 Å². The standard InChI is InChI=1S/C22H23FN2O3S/c1-2-27-16-8-6-15(7-9-16)14-20(26)25-12-10-17(11-13-25)28-22-24-21-18(23)4-3-5-19(21)29-22/h3-9,17H,2,10-14H2,1H3. The van der Waals surface area contributed by atoms with Crippen LogP contribution < -0.4 is 9.47 Å². The Balaban J connectivity index is 1.29. The van der Waals surface area contributed by atoms with Crippen molar-refractivity contribution in [1.29, 1.82) is 0 Å². The summed E-state index contributed by atoms with van der Waals surface area (Å²) in [6.07, 6.45) is 1.86. The average Bonchev–Trinajstić information content (AvgIpc) is 3.14.